The van der Waals surface area contributed by atoms with Crippen molar-refractivity contribution in [2.24, 2.45) is 11.8 Å². The maximum Gasteiger partial charge on any atom is 0.472 e. The normalized spacial score (nSPS) is 34.2. The van der Waals surface area contributed by atoms with E-state index in [9.17, 15) is 0 Å². The van der Waals surface area contributed by atoms with Crippen molar-refractivity contribution in [1.29, 1.82) is 0 Å². The molecule has 0 amide bonds. The van der Waals surface area contributed by atoms with Gasteiger partial charge in [-0.2, -0.15) is 0 Å². The zero-order chi connectivity index (χ0) is 9.68. The summed E-state index contributed by atoms with van der Waals surface area (Å²) in [6.07, 6.45) is 8.83. The minimum Gasteiger partial charge on any atom is -0.306 e. The molecule has 3 atom stereocenters. The molecule has 0 nitrogen and oxygen atoms in total. The van der Waals surface area contributed by atoms with Gasteiger partial charge in [-0.3, -0.25) is 0 Å². The number of halogens is 1. The Hall–Kier alpha value is 1.25. The van der Waals surface area contributed by atoms with E-state index in [1.807, 2.05) is 0 Å². The monoisotopic (exact) mass is 256 g/mol. The quantitative estimate of drug-likeness (QED) is 0.654. The van der Waals surface area contributed by atoms with E-state index in [1.165, 1.54) is 38.5 Å². The Morgan fingerprint density at radius 3 is 2.46 bits per heavy atom. The van der Waals surface area contributed by atoms with Crippen LogP contribution in [0.15, 0.2) is 0 Å². The lowest BCUT2D eigenvalue weighted by molar-refractivity contribution is 0.249. The van der Waals surface area contributed by atoms with Gasteiger partial charge >= 0.3 is 18.2 Å². The van der Waals surface area contributed by atoms with Gasteiger partial charge in [0.1, 0.15) is 0 Å². The molecule has 0 bridgehead atoms. The molecule has 0 heterocycles. The van der Waals surface area contributed by atoms with Crippen LogP contribution in [0, 0.1) is 11.8 Å². The van der Waals surface area contributed by atoms with Crippen molar-refractivity contribution in [3.8, 4) is 0 Å². The van der Waals surface area contributed by atoms with Crippen LogP contribution in [-0.2, 0) is 0 Å². The van der Waals surface area contributed by atoms with E-state index in [0.717, 1.165) is 15.9 Å². The maximum absolute atomic E-state index is 3.84. The number of rotatable bonds is 4. The molecule has 0 saturated heterocycles. The largest absolute Gasteiger partial charge is 0.472 e. The molecule has 0 aromatic carbocycles. The van der Waals surface area contributed by atoms with Crippen LogP contribution >= 0.6 is 12.9 Å². The SMILES string of the molecule is CCCC1CCCC(CC)[CH]1[Mg][Br]. The summed E-state index contributed by atoms with van der Waals surface area (Å²) >= 11 is 3.90. The summed E-state index contributed by atoms with van der Waals surface area (Å²) in [5.74, 6) is 2.14. The molecule has 0 aliphatic heterocycles. The first-order valence-electron chi connectivity index (χ1n) is 5.89. The lowest BCUT2D eigenvalue weighted by Crippen LogP contribution is -2.25. The number of hydrogen-bond acceptors (Lipinski definition) is 0. The van der Waals surface area contributed by atoms with Gasteiger partial charge in [0.2, 0.25) is 0 Å². The first-order valence-corrected chi connectivity index (χ1v) is 10.6. The molecule has 0 radical (unpaired) electrons. The highest BCUT2D eigenvalue weighted by molar-refractivity contribution is 9.23. The van der Waals surface area contributed by atoms with Crippen LogP contribution in [0.4, 0.5) is 0 Å². The standard InChI is InChI=1S/C11H21.BrH.Mg/c1-3-6-11-8-5-7-10(4-2)9-11;;/h9-11H,3-8H2,1-2H3;1H;/q;;+1/p-1. The predicted molar refractivity (Wildman–Crippen MR) is 64.5 cm³/mol. The van der Waals surface area contributed by atoms with Gasteiger partial charge in [0, 0.05) is 0 Å². The van der Waals surface area contributed by atoms with Gasteiger partial charge in [0.25, 0.3) is 0 Å². The van der Waals surface area contributed by atoms with Gasteiger partial charge in [-0.25, -0.2) is 0 Å². The van der Waals surface area contributed by atoms with Crippen molar-refractivity contribution < 1.29 is 0 Å². The Labute approximate surface area is 98.8 Å². The highest BCUT2D eigenvalue weighted by Gasteiger charge is 2.31. The third kappa shape index (κ3) is 3.39. The minimum absolute atomic E-state index is 0.0545. The number of hydrogen-bond donors (Lipinski definition) is 0. The van der Waals surface area contributed by atoms with Gasteiger partial charge in [-0.1, -0.05) is 64.2 Å². The van der Waals surface area contributed by atoms with Crippen LogP contribution in [-0.4, -0.2) is 18.2 Å². The average molecular weight is 257 g/mol. The van der Waals surface area contributed by atoms with Crippen LogP contribution < -0.4 is 0 Å². The van der Waals surface area contributed by atoms with Crippen molar-refractivity contribution in [1.82, 2.24) is 0 Å². The van der Waals surface area contributed by atoms with Crippen molar-refractivity contribution in [2.75, 3.05) is 0 Å². The third-order valence-corrected chi connectivity index (χ3v) is 7.66. The van der Waals surface area contributed by atoms with Crippen molar-refractivity contribution >= 4 is 31.1 Å². The Bertz CT molecular complexity index is 136. The molecular formula is C11H21BrMg. The molecule has 74 valence electrons. The van der Waals surface area contributed by atoms with Crippen molar-refractivity contribution in [2.45, 2.75) is 56.4 Å². The summed E-state index contributed by atoms with van der Waals surface area (Å²) in [6.45, 7) is 4.71. The highest BCUT2D eigenvalue weighted by atomic mass is 79.9. The minimum atomic E-state index is 0.0545. The summed E-state index contributed by atoms with van der Waals surface area (Å²) in [4.78, 5) is 0. The highest BCUT2D eigenvalue weighted by Crippen LogP contribution is 2.43. The second kappa shape index (κ2) is 6.68. The van der Waals surface area contributed by atoms with Gasteiger partial charge < -0.3 is 12.9 Å². The van der Waals surface area contributed by atoms with E-state index in [4.69, 9.17) is 0 Å². The summed E-state index contributed by atoms with van der Waals surface area (Å²) in [7, 11) is 0. The maximum atomic E-state index is 3.84. The van der Waals surface area contributed by atoms with Gasteiger partial charge in [0.15, 0.2) is 0 Å². The van der Waals surface area contributed by atoms with Crippen LogP contribution in [0.25, 0.3) is 0 Å². The lowest BCUT2D eigenvalue weighted by atomic mass is 9.77. The zero-order valence-corrected chi connectivity index (χ0v) is 12.1. The lowest BCUT2D eigenvalue weighted by Gasteiger charge is -2.37. The van der Waals surface area contributed by atoms with E-state index >= 15 is 0 Å². The summed E-state index contributed by atoms with van der Waals surface area (Å²) in [5, 5.41) is 0. The van der Waals surface area contributed by atoms with Crippen LogP contribution in [0.3, 0.4) is 0 Å². The van der Waals surface area contributed by atoms with E-state index in [2.05, 4.69) is 26.7 Å². The summed E-state index contributed by atoms with van der Waals surface area (Å²) < 4.78 is 1.11. The first kappa shape index (κ1) is 12.3. The topological polar surface area (TPSA) is 0 Å². The van der Waals surface area contributed by atoms with Crippen molar-refractivity contribution in [3.63, 3.8) is 0 Å². The molecule has 3 unspecified atom stereocenters. The second-order valence-electron chi connectivity index (χ2n) is 4.47. The Morgan fingerprint density at radius 1 is 1.23 bits per heavy atom. The van der Waals surface area contributed by atoms with Gasteiger partial charge in [-0.15, -0.1) is 4.05 Å². The first-order chi connectivity index (χ1) is 6.33. The third-order valence-electron chi connectivity index (χ3n) is 3.72. The van der Waals surface area contributed by atoms with E-state index < -0.39 is 0 Å². The summed E-state index contributed by atoms with van der Waals surface area (Å²) in [6, 6.07) is 0. The smallest absolute Gasteiger partial charge is 0.306 e. The van der Waals surface area contributed by atoms with Crippen molar-refractivity contribution in [3.05, 3.63) is 0 Å². The molecule has 1 rings (SSSR count). The fraction of sp³-hybridized carbons (Fsp3) is 1.00. The summed E-state index contributed by atoms with van der Waals surface area (Å²) in [5.41, 5.74) is 0. The molecule has 13 heavy (non-hydrogen) atoms. The van der Waals surface area contributed by atoms with Crippen LogP contribution in [0.5, 0.6) is 0 Å². The van der Waals surface area contributed by atoms with Gasteiger partial charge in [0.05, 0.1) is 0 Å². The Morgan fingerprint density at radius 2 is 1.92 bits per heavy atom. The molecule has 0 spiro atoms. The Balaban J connectivity index is 2.50. The van der Waals surface area contributed by atoms with Crippen LogP contribution in [0.2, 0.25) is 4.05 Å². The van der Waals surface area contributed by atoms with E-state index in [-0.39, 0.29) is 18.2 Å². The second-order valence-corrected chi connectivity index (χ2v) is 7.66. The fourth-order valence-corrected chi connectivity index (χ4v) is 7.66. The molecule has 1 fully saturated rings. The predicted octanol–water partition coefficient (Wildman–Crippen LogP) is 4.42. The molecule has 1 aliphatic rings. The molecule has 0 N–H and O–H groups in total. The molecule has 1 aliphatic carbocycles. The van der Waals surface area contributed by atoms with E-state index in [0.29, 0.717) is 0 Å². The molecule has 1 saturated carbocycles. The van der Waals surface area contributed by atoms with Gasteiger partial charge in [-0.05, 0) is 0 Å². The zero-order valence-electron chi connectivity index (χ0n) is 9.06. The molecular weight excluding hydrogens is 236 g/mol. The fourth-order valence-electron chi connectivity index (χ4n) is 2.94. The van der Waals surface area contributed by atoms with Crippen LogP contribution in [0.1, 0.15) is 52.4 Å². The molecule has 0 aromatic heterocycles. The van der Waals surface area contributed by atoms with E-state index in [1.54, 1.807) is 0 Å². The Kier molecular flexibility index (Phi) is 6.33. The average Bonchev–Trinajstić information content (AvgIpc) is 2.18. The molecule has 0 aromatic rings. The molecule has 2 heteroatoms.